The number of benzene rings is 2. The van der Waals surface area contributed by atoms with Gasteiger partial charge < -0.3 is 19.9 Å². The third-order valence-electron chi connectivity index (χ3n) is 4.44. The number of aliphatic hydroxyl groups is 1. The highest BCUT2D eigenvalue weighted by Crippen LogP contribution is 2.36. The summed E-state index contributed by atoms with van der Waals surface area (Å²) in [6.07, 6.45) is 0.233. The van der Waals surface area contributed by atoms with Crippen molar-refractivity contribution in [1.82, 2.24) is 5.32 Å². The average Bonchev–Trinajstić information content (AvgIpc) is 2.62. The molecular formula is C19H21NO4. The van der Waals surface area contributed by atoms with Crippen LogP contribution in [-0.4, -0.2) is 37.4 Å². The predicted molar refractivity (Wildman–Crippen MR) is 90.7 cm³/mol. The van der Waals surface area contributed by atoms with E-state index in [1.165, 1.54) is 0 Å². The van der Waals surface area contributed by atoms with Gasteiger partial charge in [-0.1, -0.05) is 18.2 Å². The summed E-state index contributed by atoms with van der Waals surface area (Å²) in [4.78, 5) is 12.4. The van der Waals surface area contributed by atoms with E-state index in [1.807, 2.05) is 30.3 Å². The topological polar surface area (TPSA) is 67.8 Å². The highest BCUT2D eigenvalue weighted by Gasteiger charge is 2.32. The fourth-order valence-electron chi connectivity index (χ4n) is 3.18. The van der Waals surface area contributed by atoms with Crippen LogP contribution in [0.3, 0.4) is 0 Å². The molecule has 0 aromatic heterocycles. The number of nitrogens with one attached hydrogen (secondary N) is 1. The third kappa shape index (κ3) is 3.08. The molecule has 0 aliphatic heterocycles. The van der Waals surface area contributed by atoms with Crippen molar-refractivity contribution >= 4 is 5.91 Å². The van der Waals surface area contributed by atoms with Crippen molar-refractivity contribution in [2.45, 2.75) is 25.0 Å². The van der Waals surface area contributed by atoms with Crippen LogP contribution >= 0.6 is 0 Å². The second kappa shape index (κ2) is 6.93. The van der Waals surface area contributed by atoms with Crippen molar-refractivity contribution in [2.24, 2.45) is 0 Å². The fraction of sp³-hybridized carbons (Fsp3) is 0.316. The summed E-state index contributed by atoms with van der Waals surface area (Å²) in [7, 11) is 3.22. The lowest BCUT2D eigenvalue weighted by molar-refractivity contribution is 0.0811. The Bertz CT molecular complexity index is 730. The van der Waals surface area contributed by atoms with Gasteiger partial charge in [0, 0.05) is 23.1 Å². The first kappa shape index (κ1) is 16.3. The maximum absolute atomic E-state index is 12.4. The van der Waals surface area contributed by atoms with E-state index in [2.05, 4.69) is 5.32 Å². The Labute approximate surface area is 141 Å². The lowest BCUT2D eigenvalue weighted by Crippen LogP contribution is -2.48. The molecule has 24 heavy (non-hydrogen) atoms. The van der Waals surface area contributed by atoms with Crippen molar-refractivity contribution in [1.29, 1.82) is 0 Å². The quantitative estimate of drug-likeness (QED) is 0.901. The molecule has 2 atom stereocenters. The molecule has 5 nitrogen and oxygen atoms in total. The molecule has 1 amide bonds. The zero-order valence-electron chi connectivity index (χ0n) is 13.8. The van der Waals surface area contributed by atoms with Crippen LogP contribution in [0.2, 0.25) is 0 Å². The largest absolute Gasteiger partial charge is 0.496 e. The number of methoxy groups -OCH3 is 2. The van der Waals surface area contributed by atoms with Gasteiger partial charge in [-0.3, -0.25) is 4.79 Å². The summed E-state index contributed by atoms with van der Waals surface area (Å²) in [6, 6.07) is 12.3. The number of amides is 1. The van der Waals surface area contributed by atoms with Crippen molar-refractivity contribution in [3.8, 4) is 11.5 Å². The molecular weight excluding hydrogens is 306 g/mol. The molecule has 0 heterocycles. The molecule has 2 aromatic carbocycles. The Morgan fingerprint density at radius 3 is 2.17 bits per heavy atom. The average molecular weight is 327 g/mol. The summed E-state index contributed by atoms with van der Waals surface area (Å²) in [5.41, 5.74) is 2.49. The normalized spacial score (nSPS) is 19.3. The Kier molecular flexibility index (Phi) is 4.71. The number of fused-ring (bicyclic) bond motifs is 1. The van der Waals surface area contributed by atoms with E-state index >= 15 is 0 Å². The smallest absolute Gasteiger partial charge is 0.251 e. The van der Waals surface area contributed by atoms with Gasteiger partial charge in [0.25, 0.3) is 5.91 Å². The van der Waals surface area contributed by atoms with E-state index < -0.39 is 6.10 Å². The van der Waals surface area contributed by atoms with E-state index in [9.17, 15) is 9.90 Å². The van der Waals surface area contributed by atoms with E-state index in [-0.39, 0.29) is 11.9 Å². The monoisotopic (exact) mass is 327 g/mol. The third-order valence-corrected chi connectivity index (χ3v) is 4.44. The maximum Gasteiger partial charge on any atom is 0.251 e. The minimum Gasteiger partial charge on any atom is -0.496 e. The standard InChI is InChI=1S/C19H21NO4/c1-23-17-8-9-18(24-2)14-11-16(21)15(10-13(14)17)20-19(22)12-6-4-3-5-7-12/h3-9,15-16,21H,10-11H2,1-2H3,(H,20,22). The molecule has 2 N–H and O–H groups in total. The first-order valence-electron chi connectivity index (χ1n) is 7.90. The zero-order valence-corrected chi connectivity index (χ0v) is 13.8. The van der Waals surface area contributed by atoms with Crippen LogP contribution in [0.15, 0.2) is 42.5 Å². The number of carbonyl (C=O) groups excluding carboxylic acids is 1. The Morgan fingerprint density at radius 2 is 1.58 bits per heavy atom. The first-order valence-corrected chi connectivity index (χ1v) is 7.90. The summed E-state index contributed by atoms with van der Waals surface area (Å²) in [5, 5.41) is 13.4. The van der Waals surface area contributed by atoms with Crippen LogP contribution in [-0.2, 0) is 12.8 Å². The molecule has 3 rings (SSSR count). The molecule has 0 saturated carbocycles. The Hall–Kier alpha value is -2.53. The summed E-state index contributed by atoms with van der Waals surface area (Å²) < 4.78 is 10.8. The van der Waals surface area contributed by atoms with Crippen molar-refractivity contribution in [3.63, 3.8) is 0 Å². The van der Waals surface area contributed by atoms with E-state index in [0.29, 0.717) is 18.4 Å². The summed E-state index contributed by atoms with van der Waals surface area (Å²) >= 11 is 0. The minimum absolute atomic E-state index is 0.190. The predicted octanol–water partition coefficient (Wildman–Crippen LogP) is 1.96. The van der Waals surface area contributed by atoms with Gasteiger partial charge in [0.1, 0.15) is 11.5 Å². The van der Waals surface area contributed by atoms with Gasteiger partial charge in [-0.05, 0) is 30.7 Å². The van der Waals surface area contributed by atoms with Gasteiger partial charge in [0.2, 0.25) is 0 Å². The summed E-state index contributed by atoms with van der Waals surface area (Å²) in [6.45, 7) is 0. The molecule has 0 fully saturated rings. The van der Waals surface area contributed by atoms with Crippen LogP contribution in [0, 0.1) is 0 Å². The van der Waals surface area contributed by atoms with Crippen LogP contribution in [0.25, 0.3) is 0 Å². The number of hydrogen-bond donors (Lipinski definition) is 2. The van der Waals surface area contributed by atoms with Crippen LogP contribution < -0.4 is 14.8 Å². The molecule has 0 bridgehead atoms. The van der Waals surface area contributed by atoms with Crippen molar-refractivity contribution in [2.75, 3.05) is 14.2 Å². The van der Waals surface area contributed by atoms with Crippen LogP contribution in [0.4, 0.5) is 0 Å². The van der Waals surface area contributed by atoms with Gasteiger partial charge in [-0.15, -0.1) is 0 Å². The number of hydrogen-bond acceptors (Lipinski definition) is 4. The number of aliphatic hydroxyl groups excluding tert-OH is 1. The van der Waals surface area contributed by atoms with Gasteiger partial charge in [0.15, 0.2) is 0 Å². The molecule has 0 spiro atoms. The van der Waals surface area contributed by atoms with E-state index in [1.54, 1.807) is 26.4 Å². The molecule has 1 aliphatic rings. The van der Waals surface area contributed by atoms with Crippen LogP contribution in [0.5, 0.6) is 11.5 Å². The Morgan fingerprint density at radius 1 is 1.00 bits per heavy atom. The number of carbonyl (C=O) groups is 1. The van der Waals surface area contributed by atoms with Crippen molar-refractivity contribution in [3.05, 3.63) is 59.2 Å². The molecule has 2 unspecified atom stereocenters. The molecule has 0 radical (unpaired) electrons. The van der Waals surface area contributed by atoms with Crippen LogP contribution in [0.1, 0.15) is 21.5 Å². The SMILES string of the molecule is COc1ccc(OC)c2c1CC(O)C(NC(=O)c1ccccc1)C2. The van der Waals surface area contributed by atoms with Gasteiger partial charge in [-0.25, -0.2) is 0 Å². The summed E-state index contributed by atoms with van der Waals surface area (Å²) in [5.74, 6) is 1.29. The fourth-order valence-corrected chi connectivity index (χ4v) is 3.18. The molecule has 0 saturated heterocycles. The highest BCUT2D eigenvalue weighted by atomic mass is 16.5. The minimum atomic E-state index is -0.675. The molecule has 1 aliphatic carbocycles. The van der Waals surface area contributed by atoms with Gasteiger partial charge in [-0.2, -0.15) is 0 Å². The number of ether oxygens (including phenoxy) is 2. The molecule has 5 heteroatoms. The van der Waals surface area contributed by atoms with Gasteiger partial charge in [0.05, 0.1) is 26.4 Å². The second-order valence-electron chi connectivity index (χ2n) is 5.85. The van der Waals surface area contributed by atoms with E-state index in [4.69, 9.17) is 9.47 Å². The molecule has 126 valence electrons. The lowest BCUT2D eigenvalue weighted by Gasteiger charge is -2.32. The van der Waals surface area contributed by atoms with E-state index in [0.717, 1.165) is 22.6 Å². The maximum atomic E-state index is 12.4. The Balaban J connectivity index is 1.85. The molecule has 2 aromatic rings. The second-order valence-corrected chi connectivity index (χ2v) is 5.85. The first-order chi connectivity index (χ1) is 11.6. The zero-order chi connectivity index (χ0) is 17.1. The number of rotatable bonds is 4. The highest BCUT2D eigenvalue weighted by molar-refractivity contribution is 5.94. The van der Waals surface area contributed by atoms with Crippen molar-refractivity contribution < 1.29 is 19.4 Å². The lowest BCUT2D eigenvalue weighted by atomic mass is 9.84. The van der Waals surface area contributed by atoms with Gasteiger partial charge >= 0.3 is 0 Å².